The van der Waals surface area contributed by atoms with Gasteiger partial charge in [0.25, 0.3) is 0 Å². The zero-order valence-corrected chi connectivity index (χ0v) is 9.75. The van der Waals surface area contributed by atoms with E-state index in [-0.39, 0.29) is 17.2 Å². The highest BCUT2D eigenvalue weighted by molar-refractivity contribution is 7.98. The summed E-state index contributed by atoms with van der Waals surface area (Å²) in [5, 5.41) is 17.9. The second-order valence-electron chi connectivity index (χ2n) is 2.92. The van der Waals surface area contributed by atoms with Crippen molar-refractivity contribution in [2.45, 2.75) is 4.90 Å². The SMILES string of the molecule is COCOc1ccc(B(O)O)c(F)c1SC. The number of rotatable bonds is 5. The van der Waals surface area contributed by atoms with Gasteiger partial charge in [-0.05, 0) is 12.3 Å². The van der Waals surface area contributed by atoms with Crippen LogP contribution in [0.1, 0.15) is 0 Å². The molecule has 1 aromatic carbocycles. The summed E-state index contributed by atoms with van der Waals surface area (Å²) >= 11 is 1.13. The van der Waals surface area contributed by atoms with Crippen molar-refractivity contribution in [3.8, 4) is 5.75 Å². The summed E-state index contributed by atoms with van der Waals surface area (Å²) < 4.78 is 23.6. The van der Waals surface area contributed by atoms with Crippen LogP contribution in [0, 0.1) is 5.82 Å². The van der Waals surface area contributed by atoms with E-state index in [0.717, 1.165) is 11.8 Å². The highest BCUT2D eigenvalue weighted by Gasteiger charge is 2.21. The van der Waals surface area contributed by atoms with Gasteiger partial charge in [0, 0.05) is 12.6 Å². The van der Waals surface area contributed by atoms with E-state index in [1.807, 2.05) is 0 Å². The molecule has 0 radical (unpaired) electrons. The first-order valence-corrected chi connectivity index (χ1v) is 5.68. The largest absolute Gasteiger partial charge is 0.491 e. The molecule has 0 aromatic heterocycles. The van der Waals surface area contributed by atoms with Gasteiger partial charge in [-0.1, -0.05) is 6.07 Å². The van der Waals surface area contributed by atoms with Crippen molar-refractivity contribution in [2.75, 3.05) is 20.2 Å². The van der Waals surface area contributed by atoms with Crippen molar-refractivity contribution < 1.29 is 23.9 Å². The lowest BCUT2D eigenvalue weighted by Crippen LogP contribution is -2.33. The summed E-state index contributed by atoms with van der Waals surface area (Å²) in [6.07, 6.45) is 1.67. The number of hydrogen-bond acceptors (Lipinski definition) is 5. The van der Waals surface area contributed by atoms with Crippen LogP contribution in [0.2, 0.25) is 0 Å². The van der Waals surface area contributed by atoms with Gasteiger partial charge in [0.05, 0.1) is 4.90 Å². The lowest BCUT2D eigenvalue weighted by molar-refractivity contribution is 0.0488. The van der Waals surface area contributed by atoms with Crippen LogP contribution in [0.4, 0.5) is 4.39 Å². The Balaban J connectivity index is 3.08. The maximum atomic E-state index is 13.7. The van der Waals surface area contributed by atoms with Gasteiger partial charge in [-0.3, -0.25) is 0 Å². The number of hydrogen-bond donors (Lipinski definition) is 2. The second-order valence-corrected chi connectivity index (χ2v) is 3.74. The van der Waals surface area contributed by atoms with Crippen LogP contribution in [0.25, 0.3) is 0 Å². The van der Waals surface area contributed by atoms with E-state index in [1.54, 1.807) is 6.26 Å². The summed E-state index contributed by atoms with van der Waals surface area (Å²) in [6.45, 7) is 0.00796. The topological polar surface area (TPSA) is 58.9 Å². The molecule has 0 fully saturated rings. The third-order valence-corrected chi connectivity index (χ3v) is 2.69. The van der Waals surface area contributed by atoms with Crippen LogP contribution in [0.15, 0.2) is 17.0 Å². The van der Waals surface area contributed by atoms with E-state index in [0.29, 0.717) is 5.75 Å². The zero-order valence-electron chi connectivity index (χ0n) is 8.94. The summed E-state index contributed by atoms with van der Waals surface area (Å²) in [7, 11) is -0.372. The quantitative estimate of drug-likeness (QED) is 0.442. The maximum Gasteiger partial charge on any atom is 0.491 e. The van der Waals surface area contributed by atoms with Crippen molar-refractivity contribution in [2.24, 2.45) is 0 Å². The summed E-state index contributed by atoms with van der Waals surface area (Å²) in [4.78, 5) is 0.225. The molecule has 0 bridgehead atoms. The standard InChI is InChI=1S/C9H12BFO4S/c1-14-5-15-7-4-3-6(10(12)13)8(11)9(7)16-2/h3-4,12-13H,5H2,1-2H3. The second kappa shape index (κ2) is 6.10. The Morgan fingerprint density at radius 1 is 1.44 bits per heavy atom. The minimum atomic E-state index is -1.83. The van der Waals surface area contributed by atoms with E-state index in [9.17, 15) is 4.39 Å². The van der Waals surface area contributed by atoms with Gasteiger partial charge >= 0.3 is 7.12 Å². The summed E-state index contributed by atoms with van der Waals surface area (Å²) in [5.41, 5.74) is -0.172. The van der Waals surface area contributed by atoms with Crippen LogP contribution in [0.3, 0.4) is 0 Å². The van der Waals surface area contributed by atoms with Crippen molar-refractivity contribution >= 4 is 24.3 Å². The predicted molar refractivity (Wildman–Crippen MR) is 60.5 cm³/mol. The summed E-state index contributed by atoms with van der Waals surface area (Å²) in [5.74, 6) is -0.368. The highest BCUT2D eigenvalue weighted by atomic mass is 32.2. The Bertz CT molecular complexity index is 362. The van der Waals surface area contributed by atoms with Crippen molar-refractivity contribution in [1.29, 1.82) is 0 Å². The predicted octanol–water partition coefficient (Wildman–Crippen LogP) is 0.210. The van der Waals surface area contributed by atoms with E-state index in [1.165, 1.54) is 19.2 Å². The zero-order chi connectivity index (χ0) is 12.1. The first kappa shape index (κ1) is 13.3. The molecule has 1 aromatic rings. The van der Waals surface area contributed by atoms with Gasteiger partial charge in [0.2, 0.25) is 0 Å². The number of methoxy groups -OCH3 is 1. The molecule has 0 saturated heterocycles. The minimum Gasteiger partial charge on any atom is -0.466 e. The molecule has 0 saturated carbocycles. The molecule has 4 nitrogen and oxygen atoms in total. The molecule has 7 heteroatoms. The maximum absolute atomic E-state index is 13.7. The Hall–Kier alpha value is -0.755. The Morgan fingerprint density at radius 3 is 2.62 bits per heavy atom. The molecule has 0 heterocycles. The van der Waals surface area contributed by atoms with Gasteiger partial charge in [-0.25, -0.2) is 4.39 Å². The molecule has 0 spiro atoms. The van der Waals surface area contributed by atoms with Gasteiger partial charge in [0.15, 0.2) is 6.79 Å². The number of thioether (sulfide) groups is 1. The fraction of sp³-hybridized carbons (Fsp3) is 0.333. The molecule has 0 aliphatic heterocycles. The van der Waals surface area contributed by atoms with E-state index < -0.39 is 12.9 Å². The highest BCUT2D eigenvalue weighted by Crippen LogP contribution is 2.29. The average Bonchev–Trinajstić information content (AvgIpc) is 2.25. The molecule has 0 aliphatic carbocycles. The van der Waals surface area contributed by atoms with Crippen molar-refractivity contribution in [3.05, 3.63) is 17.9 Å². The Morgan fingerprint density at radius 2 is 2.12 bits per heavy atom. The minimum absolute atomic E-state index is 0.00796. The van der Waals surface area contributed by atoms with Crippen molar-refractivity contribution in [1.82, 2.24) is 0 Å². The Kier molecular flexibility index (Phi) is 5.07. The van der Waals surface area contributed by atoms with E-state index >= 15 is 0 Å². The van der Waals surface area contributed by atoms with Gasteiger partial charge in [0.1, 0.15) is 11.6 Å². The third-order valence-electron chi connectivity index (χ3n) is 1.91. The van der Waals surface area contributed by atoms with Gasteiger partial charge in [-0.15, -0.1) is 11.8 Å². The molecule has 0 amide bonds. The van der Waals surface area contributed by atoms with Crippen LogP contribution in [-0.4, -0.2) is 37.3 Å². The smallest absolute Gasteiger partial charge is 0.466 e. The van der Waals surface area contributed by atoms with Crippen LogP contribution in [0.5, 0.6) is 5.75 Å². The fourth-order valence-electron chi connectivity index (χ4n) is 1.18. The molecule has 16 heavy (non-hydrogen) atoms. The monoisotopic (exact) mass is 246 g/mol. The van der Waals surface area contributed by atoms with Crippen molar-refractivity contribution in [3.63, 3.8) is 0 Å². The number of halogens is 1. The van der Waals surface area contributed by atoms with E-state index in [2.05, 4.69) is 0 Å². The van der Waals surface area contributed by atoms with Crippen LogP contribution in [-0.2, 0) is 4.74 Å². The fourth-order valence-corrected chi connectivity index (χ4v) is 1.80. The molecule has 88 valence electrons. The normalized spacial score (nSPS) is 10.3. The molecule has 0 atom stereocenters. The summed E-state index contributed by atoms with van der Waals surface area (Å²) in [6, 6.07) is 2.74. The van der Waals surface area contributed by atoms with Gasteiger partial charge < -0.3 is 19.5 Å². The average molecular weight is 246 g/mol. The molecule has 1 rings (SSSR count). The molecular formula is C9H12BFO4S. The Labute approximate surface area is 97.5 Å². The molecule has 2 N–H and O–H groups in total. The number of benzene rings is 1. The lowest BCUT2D eigenvalue weighted by atomic mass is 9.80. The molecule has 0 unspecified atom stereocenters. The molecular weight excluding hydrogens is 234 g/mol. The van der Waals surface area contributed by atoms with Gasteiger partial charge in [-0.2, -0.15) is 0 Å². The lowest BCUT2D eigenvalue weighted by Gasteiger charge is -2.12. The number of ether oxygens (including phenoxy) is 2. The molecule has 0 aliphatic rings. The first-order chi connectivity index (χ1) is 7.61. The third kappa shape index (κ3) is 2.88. The van der Waals surface area contributed by atoms with E-state index in [4.69, 9.17) is 19.5 Å². The van der Waals surface area contributed by atoms with Crippen LogP contribution >= 0.6 is 11.8 Å². The van der Waals surface area contributed by atoms with Crippen LogP contribution < -0.4 is 10.2 Å². The first-order valence-electron chi connectivity index (χ1n) is 4.46.